The molecule has 0 fully saturated rings. The molecule has 1 heterocycles. The number of alkyl halides is 5. The van der Waals surface area contributed by atoms with Gasteiger partial charge < -0.3 is 0 Å². The Morgan fingerprint density at radius 3 is 2.32 bits per heavy atom. The van der Waals surface area contributed by atoms with Crippen LogP contribution in [-0.4, -0.2) is 22.8 Å². The molecule has 0 atom stereocenters. The number of aromatic nitrogens is 2. The predicted octanol–water partition coefficient (Wildman–Crippen LogP) is 5.83. The molecule has 8 heteroatoms. The van der Waals surface area contributed by atoms with Gasteiger partial charge in [-0.15, -0.1) is 0 Å². The number of halogens is 5. The Bertz CT molecular complexity index is 961. The second-order valence-corrected chi connectivity index (χ2v) is 7.36. The van der Waals surface area contributed by atoms with E-state index in [0.29, 0.717) is 11.7 Å². The molecule has 3 rings (SSSR count). The fourth-order valence-electron chi connectivity index (χ4n) is 2.74. The molecule has 0 amide bonds. The van der Waals surface area contributed by atoms with Gasteiger partial charge in [-0.05, 0) is 35.0 Å². The Kier molecular flexibility index (Phi) is 5.79. The van der Waals surface area contributed by atoms with Crippen LogP contribution >= 0.6 is 11.8 Å². The summed E-state index contributed by atoms with van der Waals surface area (Å²) in [6.45, 7) is 4.16. The van der Waals surface area contributed by atoms with Crippen LogP contribution in [0.4, 0.5) is 22.0 Å². The van der Waals surface area contributed by atoms with Crippen LogP contribution in [0.2, 0.25) is 0 Å². The van der Waals surface area contributed by atoms with Crippen LogP contribution in [0.3, 0.4) is 0 Å². The largest absolute Gasteiger partial charge is 0.453 e. The Labute approximate surface area is 163 Å². The summed E-state index contributed by atoms with van der Waals surface area (Å²) in [6, 6.07) is 15.1. The van der Waals surface area contributed by atoms with Gasteiger partial charge in [0.15, 0.2) is 11.0 Å². The summed E-state index contributed by atoms with van der Waals surface area (Å²) in [5, 5.41) is 0.534. The summed E-state index contributed by atoms with van der Waals surface area (Å²) in [5.41, 5.74) is 3.58. The molecular weight excluding hydrogens is 395 g/mol. The van der Waals surface area contributed by atoms with Gasteiger partial charge in [0.05, 0.1) is 0 Å². The van der Waals surface area contributed by atoms with E-state index in [9.17, 15) is 22.0 Å². The van der Waals surface area contributed by atoms with Gasteiger partial charge in [-0.25, -0.2) is 9.55 Å². The predicted molar refractivity (Wildman–Crippen MR) is 100 cm³/mol. The van der Waals surface area contributed by atoms with Crippen LogP contribution in [0.1, 0.15) is 17.5 Å². The van der Waals surface area contributed by atoms with Gasteiger partial charge in [-0.3, -0.25) is 0 Å². The van der Waals surface area contributed by atoms with Gasteiger partial charge in [0.25, 0.3) is 0 Å². The van der Waals surface area contributed by atoms with E-state index in [0.717, 1.165) is 33.9 Å². The lowest BCUT2D eigenvalue weighted by molar-refractivity contribution is -0.700. The lowest BCUT2D eigenvalue weighted by Gasteiger charge is -2.18. The van der Waals surface area contributed by atoms with Crippen LogP contribution in [0.15, 0.2) is 60.3 Å². The third kappa shape index (κ3) is 4.38. The van der Waals surface area contributed by atoms with Crippen molar-refractivity contribution in [2.45, 2.75) is 30.2 Å². The van der Waals surface area contributed by atoms with Crippen molar-refractivity contribution in [3.05, 3.63) is 66.2 Å². The monoisotopic (exact) mass is 413 g/mol. The van der Waals surface area contributed by atoms with Crippen molar-refractivity contribution < 1.29 is 26.5 Å². The van der Waals surface area contributed by atoms with E-state index in [1.807, 2.05) is 53.1 Å². The third-order valence-corrected chi connectivity index (χ3v) is 5.31. The van der Waals surface area contributed by atoms with Crippen LogP contribution < -0.4 is 4.57 Å². The molecule has 148 valence electrons. The average molecular weight is 413 g/mol. The summed E-state index contributed by atoms with van der Waals surface area (Å²) in [7, 11) is 0. The van der Waals surface area contributed by atoms with E-state index in [1.165, 1.54) is 0 Å². The van der Waals surface area contributed by atoms with Gasteiger partial charge >= 0.3 is 17.3 Å². The molecule has 0 aliphatic rings. The molecule has 2 aromatic carbocycles. The molecule has 0 spiro atoms. The number of rotatable bonds is 7. The number of fused-ring (bicyclic) bond motifs is 1. The minimum absolute atomic E-state index is 0.366. The summed E-state index contributed by atoms with van der Waals surface area (Å²) in [4.78, 5) is 3.12. The van der Waals surface area contributed by atoms with E-state index in [4.69, 9.17) is 0 Å². The number of thioether (sulfide) groups is 1. The zero-order chi connectivity index (χ0) is 20.4. The zero-order valence-corrected chi connectivity index (χ0v) is 15.6. The molecule has 1 N–H and O–H groups in total. The first-order valence-electron chi connectivity index (χ1n) is 8.50. The first kappa shape index (κ1) is 20.4. The topological polar surface area (TPSA) is 19.7 Å². The molecule has 2 nitrogen and oxygen atoms in total. The smallest absolute Gasteiger partial charge is 0.231 e. The molecule has 0 bridgehead atoms. The van der Waals surface area contributed by atoms with E-state index in [2.05, 4.69) is 11.6 Å². The number of benzene rings is 2. The summed E-state index contributed by atoms with van der Waals surface area (Å²) >= 11 is 0.954. The zero-order valence-electron chi connectivity index (χ0n) is 14.8. The highest BCUT2D eigenvalue weighted by atomic mass is 32.2. The van der Waals surface area contributed by atoms with Crippen molar-refractivity contribution in [3.8, 4) is 0 Å². The number of nitrogens with one attached hydrogen (secondary N) is 1. The SMILES string of the molecule is C=Cc1ccc(C[n+]2c(SCCC(F)(F)C(F)(F)F)[nH]c3ccccc32)cc1. The highest BCUT2D eigenvalue weighted by Gasteiger charge is 2.56. The second-order valence-electron chi connectivity index (χ2n) is 6.28. The highest BCUT2D eigenvalue weighted by molar-refractivity contribution is 7.99. The van der Waals surface area contributed by atoms with Crippen molar-refractivity contribution in [2.75, 3.05) is 5.75 Å². The van der Waals surface area contributed by atoms with Gasteiger partial charge in [-0.2, -0.15) is 22.0 Å². The first-order valence-corrected chi connectivity index (χ1v) is 9.49. The van der Waals surface area contributed by atoms with Gasteiger partial charge in [0, 0.05) is 12.2 Å². The fraction of sp³-hybridized carbons (Fsp3) is 0.250. The van der Waals surface area contributed by atoms with Crippen molar-refractivity contribution >= 4 is 28.9 Å². The Hall–Kier alpha value is -2.35. The number of hydrogen-bond acceptors (Lipinski definition) is 1. The average Bonchev–Trinajstić information content (AvgIpc) is 2.99. The van der Waals surface area contributed by atoms with Crippen molar-refractivity contribution in [3.63, 3.8) is 0 Å². The van der Waals surface area contributed by atoms with Gasteiger partial charge in [0.2, 0.25) is 0 Å². The Balaban J connectivity index is 1.83. The molecule has 0 saturated heterocycles. The van der Waals surface area contributed by atoms with Crippen LogP contribution in [0, 0.1) is 0 Å². The van der Waals surface area contributed by atoms with Gasteiger partial charge in [0.1, 0.15) is 6.54 Å². The molecule has 0 radical (unpaired) electrons. The molecule has 1 aromatic heterocycles. The molecular formula is C20H18F5N2S+. The minimum atomic E-state index is -5.53. The van der Waals surface area contributed by atoms with E-state index >= 15 is 0 Å². The maximum Gasteiger partial charge on any atom is 0.453 e. The van der Waals surface area contributed by atoms with E-state index in [-0.39, 0.29) is 5.75 Å². The standard InChI is InChI=1S/C20H17F5N2S/c1-2-14-7-9-15(10-8-14)13-27-17-6-4-3-5-16(17)26-18(27)28-12-11-19(21,22)20(23,24)25/h2-10H,1,11-13H2/p+1. The molecule has 0 aliphatic carbocycles. The van der Waals surface area contributed by atoms with E-state index in [1.54, 1.807) is 6.08 Å². The van der Waals surface area contributed by atoms with Crippen molar-refractivity contribution in [1.82, 2.24) is 4.98 Å². The highest BCUT2D eigenvalue weighted by Crippen LogP contribution is 2.39. The Morgan fingerprint density at radius 1 is 1.00 bits per heavy atom. The number of imidazole rings is 1. The first-order chi connectivity index (χ1) is 13.2. The molecule has 0 saturated carbocycles. The minimum Gasteiger partial charge on any atom is -0.231 e. The normalized spacial score (nSPS) is 12.5. The maximum absolute atomic E-state index is 13.2. The number of H-pyrrole nitrogens is 1. The summed E-state index contributed by atoms with van der Waals surface area (Å²) in [5.74, 6) is -5.06. The van der Waals surface area contributed by atoms with E-state index < -0.39 is 18.5 Å². The van der Waals surface area contributed by atoms with Crippen LogP contribution in [0.25, 0.3) is 17.1 Å². The number of para-hydroxylation sites is 2. The molecule has 0 aliphatic heterocycles. The second kappa shape index (κ2) is 7.95. The lowest BCUT2D eigenvalue weighted by atomic mass is 10.1. The van der Waals surface area contributed by atoms with Crippen molar-refractivity contribution in [2.24, 2.45) is 0 Å². The lowest BCUT2D eigenvalue weighted by Crippen LogP contribution is -2.37. The quantitative estimate of drug-likeness (QED) is 0.294. The molecule has 3 aromatic rings. The third-order valence-electron chi connectivity index (χ3n) is 4.31. The van der Waals surface area contributed by atoms with Crippen molar-refractivity contribution in [1.29, 1.82) is 0 Å². The number of aromatic amines is 1. The maximum atomic E-state index is 13.2. The summed E-state index contributed by atoms with van der Waals surface area (Å²) < 4.78 is 65.4. The summed E-state index contributed by atoms with van der Waals surface area (Å²) in [6.07, 6.45) is -5.08. The van der Waals surface area contributed by atoms with Crippen LogP contribution in [0.5, 0.6) is 0 Å². The number of nitrogens with zero attached hydrogens (tertiary/aromatic N) is 1. The number of hydrogen-bond donors (Lipinski definition) is 1. The Morgan fingerprint density at radius 2 is 1.68 bits per heavy atom. The van der Waals surface area contributed by atoms with Crippen LogP contribution in [-0.2, 0) is 6.54 Å². The molecule has 28 heavy (non-hydrogen) atoms. The fourth-order valence-corrected chi connectivity index (χ4v) is 3.79. The van der Waals surface area contributed by atoms with Gasteiger partial charge in [-0.1, -0.05) is 49.1 Å². The molecule has 0 unspecified atom stereocenters.